The van der Waals surface area contributed by atoms with Gasteiger partial charge >= 0.3 is 0 Å². The second-order valence-electron chi connectivity index (χ2n) is 5.91. The van der Waals surface area contributed by atoms with Crippen molar-refractivity contribution in [2.75, 3.05) is 20.4 Å². The number of Topliss-reactive ketones (excluding diaryl/α,β-unsaturated/α-hetero) is 1. The number of carbonyl (C=O) groups excluding carboxylic acids is 2. The number of carbonyl (C=O) groups is 2. The number of ketones is 1. The second-order valence-corrected chi connectivity index (χ2v) is 8.00. The molecular weight excluding hydrogens is 306 g/mol. The maximum atomic E-state index is 12.7. The van der Waals surface area contributed by atoms with Crippen molar-refractivity contribution in [2.24, 2.45) is 5.41 Å². The summed E-state index contributed by atoms with van der Waals surface area (Å²) in [6.45, 7) is 3.83. The summed E-state index contributed by atoms with van der Waals surface area (Å²) in [6.07, 6.45) is 3.39. The Morgan fingerprint density at radius 2 is 2.05 bits per heavy atom. The van der Waals surface area contributed by atoms with E-state index in [0.717, 1.165) is 16.0 Å². The van der Waals surface area contributed by atoms with E-state index in [4.69, 9.17) is 0 Å². The van der Waals surface area contributed by atoms with Crippen molar-refractivity contribution < 1.29 is 14.7 Å². The molecule has 0 saturated heterocycles. The van der Waals surface area contributed by atoms with Crippen LogP contribution in [0, 0.1) is 5.41 Å². The first-order valence-corrected chi connectivity index (χ1v) is 8.59. The summed E-state index contributed by atoms with van der Waals surface area (Å²) in [4.78, 5) is 27.2. The Balaban J connectivity index is 2.70. The predicted octanol–water partition coefficient (Wildman–Crippen LogP) is 3.38. The molecule has 4 nitrogen and oxygen atoms in total. The first kappa shape index (κ1) is 16.1. The van der Waals surface area contributed by atoms with E-state index < -0.39 is 5.41 Å². The van der Waals surface area contributed by atoms with Gasteiger partial charge in [-0.25, -0.2) is 0 Å². The highest BCUT2D eigenvalue weighted by atomic mass is 32.2. The normalized spacial score (nSPS) is 18.7. The lowest BCUT2D eigenvalue weighted by Gasteiger charge is -2.31. The van der Waals surface area contributed by atoms with Gasteiger partial charge in [-0.2, -0.15) is 0 Å². The van der Waals surface area contributed by atoms with Gasteiger partial charge in [0.15, 0.2) is 5.78 Å². The Morgan fingerprint density at radius 1 is 1.43 bits per heavy atom. The van der Waals surface area contributed by atoms with Gasteiger partial charge in [-0.15, -0.1) is 23.1 Å². The monoisotopic (exact) mass is 325 g/mol. The molecule has 6 heteroatoms. The van der Waals surface area contributed by atoms with Crippen LogP contribution < -0.4 is 0 Å². The molecule has 21 heavy (non-hydrogen) atoms. The van der Waals surface area contributed by atoms with Crippen molar-refractivity contribution in [3.05, 3.63) is 27.8 Å². The van der Waals surface area contributed by atoms with E-state index in [2.05, 4.69) is 0 Å². The van der Waals surface area contributed by atoms with E-state index >= 15 is 0 Å². The number of rotatable bonds is 2. The van der Waals surface area contributed by atoms with Crippen LogP contribution in [0.4, 0.5) is 0 Å². The van der Waals surface area contributed by atoms with Crippen LogP contribution in [-0.4, -0.2) is 42.0 Å². The Kier molecular flexibility index (Phi) is 4.22. The molecule has 0 bridgehead atoms. The zero-order valence-corrected chi connectivity index (χ0v) is 14.4. The zero-order valence-electron chi connectivity index (χ0n) is 12.8. The number of hydrogen-bond acceptors (Lipinski definition) is 5. The minimum Gasteiger partial charge on any atom is -0.515 e. The summed E-state index contributed by atoms with van der Waals surface area (Å²) >= 11 is 2.84. The number of aliphatic hydroxyl groups excluding tert-OH is 1. The zero-order chi connectivity index (χ0) is 15.9. The molecule has 0 aliphatic heterocycles. The van der Waals surface area contributed by atoms with Crippen LogP contribution in [0.1, 0.15) is 39.4 Å². The Bertz CT molecular complexity index is 642. The van der Waals surface area contributed by atoms with Crippen molar-refractivity contribution in [1.29, 1.82) is 0 Å². The average molecular weight is 325 g/mol. The maximum absolute atomic E-state index is 12.7. The summed E-state index contributed by atoms with van der Waals surface area (Å²) in [5.74, 6) is -0.237. The molecule has 1 aromatic heterocycles. The van der Waals surface area contributed by atoms with Gasteiger partial charge in [0.25, 0.3) is 5.91 Å². The molecule has 0 atom stereocenters. The maximum Gasteiger partial charge on any atom is 0.263 e. The highest BCUT2D eigenvalue weighted by Gasteiger charge is 2.41. The molecule has 1 aromatic rings. The molecule has 1 heterocycles. The smallest absolute Gasteiger partial charge is 0.263 e. The second kappa shape index (κ2) is 5.50. The molecule has 0 radical (unpaired) electrons. The fourth-order valence-corrected chi connectivity index (χ4v) is 4.65. The molecule has 1 amide bonds. The number of fused-ring (bicyclic) bond motifs is 1. The highest BCUT2D eigenvalue weighted by molar-refractivity contribution is 8.00. The topological polar surface area (TPSA) is 57.6 Å². The van der Waals surface area contributed by atoms with E-state index in [1.54, 1.807) is 14.1 Å². The molecule has 0 spiro atoms. The van der Waals surface area contributed by atoms with Crippen molar-refractivity contribution >= 4 is 34.8 Å². The van der Waals surface area contributed by atoms with Gasteiger partial charge in [0.05, 0.1) is 20.9 Å². The lowest BCUT2D eigenvalue weighted by molar-refractivity contribution is 0.0831. The number of hydrogen-bond donors (Lipinski definition) is 1. The molecule has 1 N–H and O–H groups in total. The molecular formula is C15H19NO3S2. The van der Waals surface area contributed by atoms with E-state index in [0.29, 0.717) is 22.4 Å². The van der Waals surface area contributed by atoms with Gasteiger partial charge in [0.1, 0.15) is 0 Å². The van der Waals surface area contributed by atoms with Crippen molar-refractivity contribution in [2.45, 2.75) is 24.5 Å². The number of thioether (sulfide) groups is 1. The fourth-order valence-electron chi connectivity index (χ4n) is 2.57. The third-order valence-corrected chi connectivity index (χ3v) is 6.05. The van der Waals surface area contributed by atoms with Gasteiger partial charge in [0.2, 0.25) is 0 Å². The SMILES string of the molecule is CSc1sc(C(=O)N(C)C)c2c1C(=O)C(=CO)C(C)(C)C2. The van der Waals surface area contributed by atoms with Crippen LogP contribution in [0.25, 0.3) is 0 Å². The first-order valence-electron chi connectivity index (χ1n) is 6.55. The quantitative estimate of drug-likeness (QED) is 0.514. The van der Waals surface area contributed by atoms with Crippen molar-refractivity contribution in [3.8, 4) is 0 Å². The first-order chi connectivity index (χ1) is 9.74. The summed E-state index contributed by atoms with van der Waals surface area (Å²) in [5, 5.41) is 9.43. The van der Waals surface area contributed by atoms with Gasteiger partial charge in [-0.05, 0) is 18.2 Å². The predicted molar refractivity (Wildman–Crippen MR) is 86.6 cm³/mol. The van der Waals surface area contributed by atoms with Gasteiger partial charge < -0.3 is 10.0 Å². The Labute approximate surface area is 132 Å². The highest BCUT2D eigenvalue weighted by Crippen LogP contribution is 2.46. The largest absolute Gasteiger partial charge is 0.515 e. The van der Waals surface area contributed by atoms with Crippen LogP contribution in [0.5, 0.6) is 0 Å². The number of nitrogens with zero attached hydrogens (tertiary/aromatic N) is 1. The molecule has 0 unspecified atom stereocenters. The van der Waals surface area contributed by atoms with Crippen LogP contribution in [0.2, 0.25) is 0 Å². The van der Waals surface area contributed by atoms with Gasteiger partial charge in [-0.1, -0.05) is 13.8 Å². The minimum atomic E-state index is -0.475. The number of aliphatic hydroxyl groups is 1. The van der Waals surface area contributed by atoms with Crippen LogP contribution in [0.15, 0.2) is 16.0 Å². The van der Waals surface area contributed by atoms with Crippen molar-refractivity contribution in [3.63, 3.8) is 0 Å². The van der Waals surface area contributed by atoms with E-state index in [-0.39, 0.29) is 11.7 Å². The Morgan fingerprint density at radius 3 is 2.52 bits per heavy atom. The Hall–Kier alpha value is -1.27. The number of thiophene rings is 1. The van der Waals surface area contributed by atoms with Crippen molar-refractivity contribution in [1.82, 2.24) is 4.90 Å². The summed E-state index contributed by atoms with van der Waals surface area (Å²) < 4.78 is 0.843. The van der Waals surface area contributed by atoms with Crippen LogP contribution >= 0.6 is 23.1 Å². The van der Waals surface area contributed by atoms with E-state index in [9.17, 15) is 14.7 Å². The summed E-state index contributed by atoms with van der Waals surface area (Å²) in [5.41, 5.74) is 1.35. The number of allylic oxidation sites excluding steroid dienone is 1. The minimum absolute atomic E-state index is 0.0726. The third-order valence-electron chi connectivity index (χ3n) is 3.71. The van der Waals surface area contributed by atoms with Gasteiger partial charge in [-0.3, -0.25) is 9.59 Å². The molecule has 2 rings (SSSR count). The summed E-state index contributed by atoms with van der Waals surface area (Å²) in [6, 6.07) is 0. The molecule has 0 aromatic carbocycles. The molecule has 0 fully saturated rings. The summed E-state index contributed by atoms with van der Waals surface area (Å²) in [7, 11) is 3.42. The average Bonchev–Trinajstić information content (AvgIpc) is 2.75. The lowest BCUT2D eigenvalue weighted by atomic mass is 9.71. The third kappa shape index (κ3) is 2.51. The van der Waals surface area contributed by atoms with E-state index in [1.807, 2.05) is 20.1 Å². The number of amides is 1. The van der Waals surface area contributed by atoms with Crippen LogP contribution in [-0.2, 0) is 6.42 Å². The van der Waals surface area contributed by atoms with E-state index in [1.165, 1.54) is 28.0 Å². The molecule has 1 aliphatic carbocycles. The van der Waals surface area contributed by atoms with Crippen LogP contribution in [0.3, 0.4) is 0 Å². The lowest BCUT2D eigenvalue weighted by Crippen LogP contribution is -2.32. The molecule has 0 saturated carbocycles. The fraction of sp³-hybridized carbons (Fsp3) is 0.467. The molecule has 114 valence electrons. The molecule has 1 aliphatic rings. The van der Waals surface area contributed by atoms with Gasteiger partial charge in [0, 0.05) is 25.1 Å². The standard InChI is InChI=1S/C15H19NO3S2/c1-15(2)6-8-10(11(18)9(15)7-17)14(20-5)21-12(8)13(19)16(3)4/h7,17H,6H2,1-5H3.